The first kappa shape index (κ1) is 12.7. The quantitative estimate of drug-likeness (QED) is 0.795. The summed E-state index contributed by atoms with van der Waals surface area (Å²) in [6.45, 7) is 1.88. The third kappa shape index (κ3) is 3.60. The van der Waals surface area contributed by atoms with E-state index in [2.05, 4.69) is 20.6 Å². The predicted molar refractivity (Wildman–Crippen MR) is 70.5 cm³/mol. The van der Waals surface area contributed by atoms with E-state index in [1.54, 1.807) is 36.7 Å². The largest absolute Gasteiger partial charge is 0.316 e. The molecule has 96 valence electrons. The summed E-state index contributed by atoms with van der Waals surface area (Å²) < 4.78 is 0. The third-order valence-corrected chi connectivity index (χ3v) is 2.28. The minimum Gasteiger partial charge on any atom is -0.316 e. The Morgan fingerprint density at radius 1 is 1.05 bits per heavy atom. The summed E-state index contributed by atoms with van der Waals surface area (Å²) >= 11 is 0. The molecule has 19 heavy (non-hydrogen) atoms. The van der Waals surface area contributed by atoms with Crippen LogP contribution in [0.2, 0.25) is 0 Å². The van der Waals surface area contributed by atoms with Gasteiger partial charge in [-0.25, -0.2) is 4.98 Å². The van der Waals surface area contributed by atoms with Gasteiger partial charge in [0.05, 0.1) is 11.9 Å². The molecule has 6 heteroatoms. The van der Waals surface area contributed by atoms with Gasteiger partial charge in [0.1, 0.15) is 5.82 Å². The predicted octanol–water partition coefficient (Wildman–Crippen LogP) is 1.36. The fourth-order valence-corrected chi connectivity index (χ4v) is 1.34. The lowest BCUT2D eigenvalue weighted by atomic mass is 10.3. The zero-order valence-corrected chi connectivity index (χ0v) is 10.3. The van der Waals surface area contributed by atoms with Crippen molar-refractivity contribution in [2.24, 2.45) is 0 Å². The van der Waals surface area contributed by atoms with Gasteiger partial charge in [0.15, 0.2) is 0 Å². The highest BCUT2D eigenvalue weighted by molar-refractivity contribution is 6.43. The number of rotatable bonds is 2. The fraction of sp³-hybridized carbons (Fsp3) is 0.0769. The third-order valence-electron chi connectivity index (χ3n) is 2.28. The lowest BCUT2D eigenvalue weighted by Crippen LogP contribution is -2.29. The smallest absolute Gasteiger partial charge is 0.315 e. The molecule has 0 aliphatic rings. The maximum absolute atomic E-state index is 11.6. The van der Waals surface area contributed by atoms with E-state index in [0.29, 0.717) is 11.5 Å². The van der Waals surface area contributed by atoms with Gasteiger partial charge in [0, 0.05) is 12.4 Å². The van der Waals surface area contributed by atoms with E-state index in [1.165, 1.54) is 6.20 Å². The number of carbonyl (C=O) groups excluding carboxylic acids is 2. The SMILES string of the molecule is Cc1ccc(NC(=O)C(=O)Nc2cccnc2)nc1. The molecular formula is C13H12N4O2. The Hall–Kier alpha value is -2.76. The van der Waals surface area contributed by atoms with E-state index < -0.39 is 11.8 Å². The number of hydrogen-bond donors (Lipinski definition) is 2. The van der Waals surface area contributed by atoms with Crippen molar-refractivity contribution >= 4 is 23.3 Å². The van der Waals surface area contributed by atoms with E-state index in [9.17, 15) is 9.59 Å². The molecule has 2 heterocycles. The van der Waals surface area contributed by atoms with Crippen LogP contribution in [0.4, 0.5) is 11.5 Å². The van der Waals surface area contributed by atoms with Gasteiger partial charge in [-0.1, -0.05) is 6.07 Å². The lowest BCUT2D eigenvalue weighted by molar-refractivity contribution is -0.133. The summed E-state index contributed by atoms with van der Waals surface area (Å²) in [6, 6.07) is 6.73. The molecule has 2 amide bonds. The molecule has 0 aromatic carbocycles. The zero-order chi connectivity index (χ0) is 13.7. The van der Waals surface area contributed by atoms with Crippen LogP contribution in [0, 0.1) is 6.92 Å². The van der Waals surface area contributed by atoms with Crippen LogP contribution in [0.1, 0.15) is 5.56 Å². The molecule has 0 radical (unpaired) electrons. The van der Waals surface area contributed by atoms with E-state index in [-0.39, 0.29) is 0 Å². The maximum atomic E-state index is 11.6. The van der Waals surface area contributed by atoms with Crippen LogP contribution in [-0.2, 0) is 9.59 Å². The summed E-state index contributed by atoms with van der Waals surface area (Å²) in [4.78, 5) is 31.0. The average molecular weight is 256 g/mol. The normalized spacial score (nSPS) is 9.74. The number of anilines is 2. The molecule has 2 N–H and O–H groups in total. The summed E-state index contributed by atoms with van der Waals surface area (Å²) in [6.07, 6.45) is 4.63. The second kappa shape index (κ2) is 5.72. The Morgan fingerprint density at radius 2 is 1.84 bits per heavy atom. The minimum atomic E-state index is -0.778. The van der Waals surface area contributed by atoms with Crippen molar-refractivity contribution in [1.29, 1.82) is 0 Å². The topological polar surface area (TPSA) is 84.0 Å². The highest BCUT2D eigenvalue weighted by atomic mass is 16.2. The molecule has 0 spiro atoms. The van der Waals surface area contributed by atoms with Crippen LogP contribution in [-0.4, -0.2) is 21.8 Å². The van der Waals surface area contributed by atoms with Crippen molar-refractivity contribution in [2.75, 3.05) is 10.6 Å². The lowest BCUT2D eigenvalue weighted by Gasteiger charge is -2.05. The van der Waals surface area contributed by atoms with E-state index in [1.807, 2.05) is 6.92 Å². The number of aromatic nitrogens is 2. The Balaban J connectivity index is 1.96. The molecule has 6 nitrogen and oxygen atoms in total. The number of carbonyl (C=O) groups is 2. The van der Waals surface area contributed by atoms with Crippen molar-refractivity contribution in [3.8, 4) is 0 Å². The van der Waals surface area contributed by atoms with Gasteiger partial charge in [0.2, 0.25) is 0 Å². The van der Waals surface area contributed by atoms with Crippen molar-refractivity contribution in [3.05, 3.63) is 48.4 Å². The number of hydrogen-bond acceptors (Lipinski definition) is 4. The Kier molecular flexibility index (Phi) is 3.82. The van der Waals surface area contributed by atoms with E-state index >= 15 is 0 Å². The van der Waals surface area contributed by atoms with Crippen LogP contribution in [0.5, 0.6) is 0 Å². The Morgan fingerprint density at radius 3 is 2.47 bits per heavy atom. The molecule has 0 bridgehead atoms. The van der Waals surface area contributed by atoms with Gasteiger partial charge in [0.25, 0.3) is 0 Å². The number of nitrogens with one attached hydrogen (secondary N) is 2. The first-order valence-corrected chi connectivity index (χ1v) is 5.60. The summed E-state index contributed by atoms with van der Waals surface area (Å²) in [5.74, 6) is -1.22. The number of pyridine rings is 2. The van der Waals surface area contributed by atoms with E-state index in [4.69, 9.17) is 0 Å². The maximum Gasteiger partial charge on any atom is 0.315 e. The number of aryl methyl sites for hydroxylation is 1. The van der Waals surface area contributed by atoms with Crippen LogP contribution >= 0.6 is 0 Å². The highest BCUT2D eigenvalue weighted by Crippen LogP contribution is 2.05. The van der Waals surface area contributed by atoms with Gasteiger partial charge >= 0.3 is 11.8 Å². The van der Waals surface area contributed by atoms with Crippen molar-refractivity contribution in [3.63, 3.8) is 0 Å². The Labute approximate surface area is 109 Å². The van der Waals surface area contributed by atoms with E-state index in [0.717, 1.165) is 5.56 Å². The van der Waals surface area contributed by atoms with Crippen LogP contribution in [0.3, 0.4) is 0 Å². The van der Waals surface area contributed by atoms with Gasteiger partial charge < -0.3 is 10.6 Å². The molecule has 0 aliphatic carbocycles. The Bertz CT molecular complexity index is 581. The molecule has 0 unspecified atom stereocenters. The highest BCUT2D eigenvalue weighted by Gasteiger charge is 2.14. The molecule has 0 saturated carbocycles. The number of amides is 2. The summed E-state index contributed by atoms with van der Waals surface area (Å²) in [7, 11) is 0. The molecule has 0 fully saturated rings. The monoisotopic (exact) mass is 256 g/mol. The molecular weight excluding hydrogens is 244 g/mol. The van der Waals surface area contributed by atoms with Crippen molar-refractivity contribution in [1.82, 2.24) is 9.97 Å². The van der Waals surface area contributed by atoms with Gasteiger partial charge in [-0.2, -0.15) is 0 Å². The first-order valence-electron chi connectivity index (χ1n) is 5.60. The standard InChI is InChI=1S/C13H12N4O2/c1-9-4-5-11(15-7-9)17-13(19)12(18)16-10-3-2-6-14-8-10/h2-8H,1H3,(H,16,18)(H,15,17,19). The van der Waals surface area contributed by atoms with Gasteiger partial charge in [-0.05, 0) is 30.7 Å². The summed E-state index contributed by atoms with van der Waals surface area (Å²) in [5, 5.41) is 4.84. The molecule has 0 atom stereocenters. The van der Waals surface area contributed by atoms with Gasteiger partial charge in [-0.15, -0.1) is 0 Å². The molecule has 0 aliphatic heterocycles. The fourth-order valence-electron chi connectivity index (χ4n) is 1.34. The molecule has 2 rings (SSSR count). The molecule has 0 saturated heterocycles. The second-order valence-corrected chi connectivity index (χ2v) is 3.87. The minimum absolute atomic E-state index is 0.330. The van der Waals surface area contributed by atoms with Crippen LogP contribution in [0.25, 0.3) is 0 Å². The van der Waals surface area contributed by atoms with Crippen molar-refractivity contribution in [2.45, 2.75) is 6.92 Å². The molecule has 2 aromatic heterocycles. The number of nitrogens with zero attached hydrogens (tertiary/aromatic N) is 2. The average Bonchev–Trinajstić information content (AvgIpc) is 2.42. The molecule has 2 aromatic rings. The van der Waals surface area contributed by atoms with Crippen molar-refractivity contribution < 1.29 is 9.59 Å². The second-order valence-electron chi connectivity index (χ2n) is 3.87. The zero-order valence-electron chi connectivity index (χ0n) is 10.3. The van der Waals surface area contributed by atoms with Crippen LogP contribution in [0.15, 0.2) is 42.9 Å². The summed E-state index contributed by atoms with van der Waals surface area (Å²) in [5.41, 5.74) is 1.43. The van der Waals surface area contributed by atoms with Crippen LogP contribution < -0.4 is 10.6 Å². The first-order chi connectivity index (χ1) is 9.15. The van der Waals surface area contributed by atoms with Gasteiger partial charge in [-0.3, -0.25) is 14.6 Å².